The van der Waals surface area contributed by atoms with Crippen molar-refractivity contribution in [1.29, 1.82) is 0 Å². The molecule has 0 aliphatic rings. The Labute approximate surface area is 228 Å². The van der Waals surface area contributed by atoms with Crippen LogP contribution >= 0.6 is 0 Å². The summed E-state index contributed by atoms with van der Waals surface area (Å²) in [6.07, 6.45) is 0.358. The van der Waals surface area contributed by atoms with E-state index in [4.69, 9.17) is 14.9 Å². The van der Waals surface area contributed by atoms with Crippen molar-refractivity contribution >= 4 is 41.5 Å². The molecule has 2 aromatic rings. The monoisotopic (exact) mass is 559 g/mol. The highest BCUT2D eigenvalue weighted by Crippen LogP contribution is 2.17. The molecule has 3 amide bonds. The number of benzene rings is 2. The van der Waals surface area contributed by atoms with Crippen molar-refractivity contribution in [1.82, 2.24) is 10.6 Å². The van der Waals surface area contributed by atoms with Crippen LogP contribution in [0.3, 0.4) is 0 Å². The highest BCUT2D eigenvalue weighted by Gasteiger charge is 2.28. The fraction of sp³-hybridized carbons (Fsp3) is 0.308. The maximum atomic E-state index is 12.9. The molecule has 0 bridgehead atoms. The van der Waals surface area contributed by atoms with Gasteiger partial charge in [-0.25, -0.2) is 24.0 Å². The van der Waals surface area contributed by atoms with E-state index < -0.39 is 48.0 Å². The molecule has 0 aliphatic carbocycles. The molecule has 0 aliphatic heterocycles. The van der Waals surface area contributed by atoms with Crippen molar-refractivity contribution in [3.05, 3.63) is 59.2 Å². The van der Waals surface area contributed by atoms with Gasteiger partial charge in [-0.15, -0.1) is 0 Å². The summed E-state index contributed by atoms with van der Waals surface area (Å²) in [5, 5.41) is 43.9. The highest BCUT2D eigenvalue weighted by molar-refractivity contribution is 5.99. The van der Waals surface area contributed by atoms with Gasteiger partial charge < -0.3 is 41.1 Å². The lowest BCUT2D eigenvalue weighted by Gasteiger charge is -2.20. The zero-order chi connectivity index (χ0) is 29.8. The van der Waals surface area contributed by atoms with E-state index in [0.717, 1.165) is 31.0 Å². The van der Waals surface area contributed by atoms with Gasteiger partial charge in [-0.05, 0) is 42.3 Å². The molecule has 7 N–H and O–H groups in total. The average molecular weight is 560 g/mol. The zero-order valence-corrected chi connectivity index (χ0v) is 21.4. The topological polar surface area (TPSA) is 229 Å². The van der Waals surface area contributed by atoms with Crippen molar-refractivity contribution in [3.8, 4) is 5.75 Å². The van der Waals surface area contributed by atoms with Crippen molar-refractivity contribution in [3.63, 3.8) is 0 Å². The van der Waals surface area contributed by atoms with Gasteiger partial charge in [0.15, 0.2) is 0 Å². The van der Waals surface area contributed by atoms with Crippen LogP contribution in [0.2, 0.25) is 0 Å². The summed E-state index contributed by atoms with van der Waals surface area (Å²) in [6, 6.07) is 6.58. The summed E-state index contributed by atoms with van der Waals surface area (Å²) in [7, 11) is 0. The van der Waals surface area contributed by atoms with Crippen LogP contribution in [0.15, 0.2) is 42.5 Å². The molecule has 0 saturated carbocycles. The number of carbonyl (C=O) groups is 6. The first-order valence-corrected chi connectivity index (χ1v) is 12.1. The number of amides is 3. The van der Waals surface area contributed by atoms with E-state index in [1.54, 1.807) is 0 Å². The number of carboxylic acid groups (broad SMARTS) is 4. The number of carboxylic acids is 4. The van der Waals surface area contributed by atoms with E-state index in [-0.39, 0.29) is 29.0 Å². The highest BCUT2D eigenvalue weighted by atomic mass is 16.5. The lowest BCUT2D eigenvalue weighted by molar-refractivity contribution is -0.159. The summed E-state index contributed by atoms with van der Waals surface area (Å²) < 4.78 is 4.96. The Balaban J connectivity index is 2.20. The summed E-state index contributed by atoms with van der Waals surface area (Å²) in [6.45, 7) is 2.35. The van der Waals surface area contributed by atoms with Crippen LogP contribution in [0.1, 0.15) is 52.5 Å². The maximum absolute atomic E-state index is 12.9. The minimum absolute atomic E-state index is 0.0376. The second-order valence-electron chi connectivity index (χ2n) is 8.58. The molecule has 0 fully saturated rings. The minimum atomic E-state index is -2.11. The number of urea groups is 1. The molecule has 14 heteroatoms. The average Bonchev–Trinajstić information content (AvgIpc) is 2.89. The number of aliphatic carboxylic acids is 2. The van der Waals surface area contributed by atoms with Crippen molar-refractivity contribution < 1.29 is 53.9 Å². The third kappa shape index (κ3) is 9.63. The van der Waals surface area contributed by atoms with E-state index in [1.807, 2.05) is 6.92 Å². The number of hydrogen-bond donors (Lipinski definition) is 7. The van der Waals surface area contributed by atoms with E-state index in [1.165, 1.54) is 24.3 Å². The zero-order valence-electron chi connectivity index (χ0n) is 21.4. The van der Waals surface area contributed by atoms with Crippen molar-refractivity contribution in [2.45, 2.75) is 44.8 Å². The Morgan fingerprint density at radius 1 is 0.825 bits per heavy atom. The van der Waals surface area contributed by atoms with Crippen LogP contribution in [0.5, 0.6) is 5.75 Å². The molecule has 14 nitrogen and oxygen atoms in total. The van der Waals surface area contributed by atoms with Crippen LogP contribution in [0.4, 0.5) is 10.5 Å². The largest absolute Gasteiger partial charge is 0.478 e. The number of anilines is 1. The lowest BCUT2D eigenvalue weighted by Crippen LogP contribution is -2.49. The summed E-state index contributed by atoms with van der Waals surface area (Å²) in [4.78, 5) is 70.4. The standard InChI is InChI=1S/C26H29N3O11/c1-2-3-4-9-27-21(30)19(10-14-5-7-18(8-6-14)40-20(24(35)36)25(37)38)29-26(39)28-17-12-15(22(31)32)11-16(13-17)23(33)34/h5-8,11-13,19-20H,2-4,9-10H2,1H3,(H,27,30)(H,31,32)(H,33,34)(H,35,36)(H,37,38)(H2,28,29,39). The van der Waals surface area contributed by atoms with Crippen LogP contribution in [0, 0.1) is 0 Å². The van der Waals surface area contributed by atoms with E-state index >= 15 is 0 Å². The molecular formula is C26H29N3O11. The predicted octanol–water partition coefficient (Wildman–Crippen LogP) is 2.04. The fourth-order valence-corrected chi connectivity index (χ4v) is 3.47. The summed E-state index contributed by atoms with van der Waals surface area (Å²) in [5.41, 5.74) is -0.346. The molecule has 2 aromatic carbocycles. The molecule has 0 radical (unpaired) electrons. The molecule has 2 rings (SSSR count). The Morgan fingerprint density at radius 2 is 1.40 bits per heavy atom. The summed E-state index contributed by atoms with van der Waals surface area (Å²) in [5.74, 6) is -6.74. The molecule has 40 heavy (non-hydrogen) atoms. The molecule has 0 spiro atoms. The second kappa shape index (κ2) is 14.7. The van der Waals surface area contributed by atoms with Gasteiger partial charge in [0.05, 0.1) is 11.1 Å². The third-order valence-electron chi connectivity index (χ3n) is 5.45. The fourth-order valence-electron chi connectivity index (χ4n) is 3.47. The van der Waals surface area contributed by atoms with Crippen LogP contribution in [-0.2, 0) is 20.8 Å². The molecule has 0 aromatic heterocycles. The Kier molecular flexibility index (Phi) is 11.4. The van der Waals surface area contributed by atoms with Gasteiger partial charge in [-0.3, -0.25) is 4.79 Å². The number of unbranched alkanes of at least 4 members (excludes halogenated alkanes) is 2. The van der Waals surface area contributed by atoms with Gasteiger partial charge >= 0.3 is 29.9 Å². The van der Waals surface area contributed by atoms with Gasteiger partial charge in [0, 0.05) is 18.7 Å². The first-order chi connectivity index (χ1) is 18.9. The van der Waals surface area contributed by atoms with Crippen LogP contribution in [0.25, 0.3) is 0 Å². The van der Waals surface area contributed by atoms with Crippen molar-refractivity contribution in [2.75, 3.05) is 11.9 Å². The molecule has 0 saturated heterocycles. The van der Waals surface area contributed by atoms with Gasteiger partial charge in [0.2, 0.25) is 5.91 Å². The normalized spacial score (nSPS) is 11.2. The van der Waals surface area contributed by atoms with Gasteiger partial charge in [0.1, 0.15) is 11.8 Å². The number of ether oxygens (including phenoxy) is 1. The lowest BCUT2D eigenvalue weighted by atomic mass is 10.0. The number of carbonyl (C=O) groups excluding carboxylic acids is 2. The van der Waals surface area contributed by atoms with E-state index in [9.17, 15) is 39.0 Å². The predicted molar refractivity (Wildman–Crippen MR) is 139 cm³/mol. The SMILES string of the molecule is CCCCCNC(=O)C(Cc1ccc(OC(C(=O)O)C(=O)O)cc1)NC(=O)Nc1cc(C(=O)O)cc(C(=O)O)c1. The number of hydrogen-bond acceptors (Lipinski definition) is 7. The first-order valence-electron chi connectivity index (χ1n) is 12.1. The first kappa shape index (κ1) is 31.1. The molecule has 214 valence electrons. The quantitative estimate of drug-likeness (QED) is 0.123. The maximum Gasteiger partial charge on any atom is 0.356 e. The van der Waals surface area contributed by atoms with Crippen LogP contribution < -0.4 is 20.7 Å². The Bertz CT molecular complexity index is 1210. The van der Waals surface area contributed by atoms with Gasteiger partial charge in [-0.1, -0.05) is 31.9 Å². The van der Waals surface area contributed by atoms with Gasteiger partial charge in [-0.2, -0.15) is 0 Å². The van der Waals surface area contributed by atoms with E-state index in [0.29, 0.717) is 18.5 Å². The van der Waals surface area contributed by atoms with Gasteiger partial charge in [0.25, 0.3) is 6.10 Å². The van der Waals surface area contributed by atoms with Crippen LogP contribution in [-0.4, -0.2) is 74.9 Å². The number of aromatic carboxylic acids is 2. The Morgan fingerprint density at radius 3 is 1.90 bits per heavy atom. The minimum Gasteiger partial charge on any atom is -0.478 e. The number of rotatable bonds is 15. The summed E-state index contributed by atoms with van der Waals surface area (Å²) >= 11 is 0. The smallest absolute Gasteiger partial charge is 0.356 e. The molecular weight excluding hydrogens is 530 g/mol. The third-order valence-corrected chi connectivity index (χ3v) is 5.45. The molecule has 1 unspecified atom stereocenters. The second-order valence-corrected chi connectivity index (χ2v) is 8.58. The number of nitrogens with one attached hydrogen (secondary N) is 3. The molecule has 0 heterocycles. The van der Waals surface area contributed by atoms with E-state index in [2.05, 4.69) is 16.0 Å². The van der Waals surface area contributed by atoms with Crippen molar-refractivity contribution in [2.24, 2.45) is 0 Å². The Hall–Kier alpha value is -5.14. The molecule has 1 atom stereocenters.